The van der Waals surface area contributed by atoms with Crippen molar-refractivity contribution in [1.82, 2.24) is 4.90 Å². The highest BCUT2D eigenvalue weighted by Gasteiger charge is 2.39. The first kappa shape index (κ1) is 9.97. The smallest absolute Gasteiger partial charge is 0.309 e. The molecular formula is C11H19NO2. The van der Waals surface area contributed by atoms with Crippen molar-refractivity contribution in [2.75, 3.05) is 13.1 Å². The summed E-state index contributed by atoms with van der Waals surface area (Å²) >= 11 is 0. The third-order valence-corrected chi connectivity index (χ3v) is 3.87. The third kappa shape index (κ3) is 1.78. The van der Waals surface area contributed by atoms with Crippen molar-refractivity contribution < 1.29 is 9.90 Å². The van der Waals surface area contributed by atoms with Crippen LogP contribution in [0.15, 0.2) is 0 Å². The van der Waals surface area contributed by atoms with Gasteiger partial charge in [-0.05, 0) is 25.2 Å². The van der Waals surface area contributed by atoms with E-state index >= 15 is 0 Å². The standard InChI is InChI=1S/C11H19NO2/c1-2-8-3-4-10(5-8)12-6-9(7-12)11(13)14/h8-10H,2-7H2,1H3,(H,13,14). The monoisotopic (exact) mass is 197 g/mol. The second-order valence-corrected chi connectivity index (χ2v) is 4.73. The molecule has 1 aliphatic heterocycles. The van der Waals surface area contributed by atoms with Gasteiger partial charge in [0.25, 0.3) is 0 Å². The molecule has 3 nitrogen and oxygen atoms in total. The van der Waals surface area contributed by atoms with Crippen LogP contribution in [-0.4, -0.2) is 35.1 Å². The molecular weight excluding hydrogens is 178 g/mol. The summed E-state index contributed by atoms with van der Waals surface area (Å²) in [7, 11) is 0. The van der Waals surface area contributed by atoms with E-state index in [0.717, 1.165) is 19.0 Å². The topological polar surface area (TPSA) is 40.5 Å². The molecule has 0 bridgehead atoms. The van der Waals surface area contributed by atoms with Crippen LogP contribution in [0.5, 0.6) is 0 Å². The number of nitrogens with zero attached hydrogens (tertiary/aromatic N) is 1. The van der Waals surface area contributed by atoms with Crippen molar-refractivity contribution in [2.45, 2.75) is 38.6 Å². The van der Waals surface area contributed by atoms with Gasteiger partial charge in [0.1, 0.15) is 0 Å². The number of rotatable bonds is 3. The Bertz CT molecular complexity index is 223. The summed E-state index contributed by atoms with van der Waals surface area (Å²) in [6, 6.07) is 0.690. The van der Waals surface area contributed by atoms with Crippen LogP contribution in [0.3, 0.4) is 0 Å². The second-order valence-electron chi connectivity index (χ2n) is 4.73. The maximum atomic E-state index is 10.6. The molecule has 1 heterocycles. The molecule has 1 aliphatic carbocycles. The molecule has 14 heavy (non-hydrogen) atoms. The first-order valence-electron chi connectivity index (χ1n) is 5.67. The summed E-state index contributed by atoms with van der Waals surface area (Å²) in [5.74, 6) is 0.186. The largest absolute Gasteiger partial charge is 0.481 e. The Labute approximate surface area is 85.1 Å². The molecule has 1 N–H and O–H groups in total. The fraction of sp³-hybridized carbons (Fsp3) is 0.909. The van der Waals surface area contributed by atoms with Crippen LogP contribution in [0, 0.1) is 11.8 Å². The maximum Gasteiger partial charge on any atom is 0.309 e. The van der Waals surface area contributed by atoms with E-state index in [0.29, 0.717) is 6.04 Å². The molecule has 0 amide bonds. The molecule has 1 saturated heterocycles. The van der Waals surface area contributed by atoms with Crippen molar-refractivity contribution in [3.63, 3.8) is 0 Å². The van der Waals surface area contributed by atoms with Crippen LogP contribution in [0.4, 0.5) is 0 Å². The van der Waals surface area contributed by atoms with Gasteiger partial charge in [0.15, 0.2) is 0 Å². The summed E-state index contributed by atoms with van der Waals surface area (Å²) in [6.45, 7) is 3.83. The molecule has 0 aromatic heterocycles. The van der Waals surface area contributed by atoms with Gasteiger partial charge in [0.05, 0.1) is 5.92 Å². The Kier molecular flexibility index (Phi) is 2.77. The van der Waals surface area contributed by atoms with E-state index in [1.807, 2.05) is 0 Å². The molecule has 2 fully saturated rings. The number of hydrogen-bond donors (Lipinski definition) is 1. The molecule has 0 spiro atoms. The number of likely N-dealkylation sites (tertiary alicyclic amines) is 1. The fourth-order valence-corrected chi connectivity index (χ4v) is 2.72. The highest BCUT2D eigenvalue weighted by Crippen LogP contribution is 2.34. The lowest BCUT2D eigenvalue weighted by Gasteiger charge is -2.41. The summed E-state index contributed by atoms with van der Waals surface area (Å²) in [5, 5.41) is 8.77. The van der Waals surface area contributed by atoms with Crippen molar-refractivity contribution in [3.05, 3.63) is 0 Å². The Morgan fingerprint density at radius 1 is 1.43 bits per heavy atom. The van der Waals surface area contributed by atoms with Gasteiger partial charge in [-0.25, -0.2) is 0 Å². The van der Waals surface area contributed by atoms with Crippen LogP contribution in [0.2, 0.25) is 0 Å². The lowest BCUT2D eigenvalue weighted by atomic mass is 9.96. The van der Waals surface area contributed by atoms with E-state index < -0.39 is 5.97 Å². The maximum absolute atomic E-state index is 10.6. The normalized spacial score (nSPS) is 34.4. The van der Waals surface area contributed by atoms with Gasteiger partial charge in [-0.2, -0.15) is 0 Å². The predicted octanol–water partition coefficient (Wildman–Crippen LogP) is 1.58. The molecule has 2 unspecified atom stereocenters. The second kappa shape index (κ2) is 3.89. The van der Waals surface area contributed by atoms with E-state index in [-0.39, 0.29) is 5.92 Å². The highest BCUT2D eigenvalue weighted by atomic mass is 16.4. The number of carbonyl (C=O) groups is 1. The minimum atomic E-state index is -0.619. The first-order valence-corrected chi connectivity index (χ1v) is 5.67. The Morgan fingerprint density at radius 2 is 2.14 bits per heavy atom. The lowest BCUT2D eigenvalue weighted by molar-refractivity contribution is -0.148. The molecule has 0 aromatic carbocycles. The van der Waals surface area contributed by atoms with E-state index in [2.05, 4.69) is 11.8 Å². The zero-order valence-corrected chi connectivity index (χ0v) is 8.78. The Balaban J connectivity index is 1.75. The van der Waals surface area contributed by atoms with Gasteiger partial charge in [-0.3, -0.25) is 9.69 Å². The summed E-state index contributed by atoms with van der Waals surface area (Å²) in [6.07, 6.45) is 5.20. The zero-order chi connectivity index (χ0) is 10.1. The minimum absolute atomic E-state index is 0.0873. The van der Waals surface area contributed by atoms with Gasteiger partial charge in [0.2, 0.25) is 0 Å². The number of aliphatic carboxylic acids is 1. The summed E-state index contributed by atoms with van der Waals surface area (Å²) < 4.78 is 0. The number of carboxylic acids is 1. The first-order chi connectivity index (χ1) is 6.70. The van der Waals surface area contributed by atoms with E-state index in [1.165, 1.54) is 25.7 Å². The van der Waals surface area contributed by atoms with E-state index in [1.54, 1.807) is 0 Å². The van der Waals surface area contributed by atoms with Crippen LogP contribution >= 0.6 is 0 Å². The molecule has 2 rings (SSSR count). The van der Waals surface area contributed by atoms with Crippen molar-refractivity contribution in [2.24, 2.45) is 11.8 Å². The SMILES string of the molecule is CCC1CCC(N2CC(C(=O)O)C2)C1. The quantitative estimate of drug-likeness (QED) is 0.746. The van der Waals surface area contributed by atoms with Crippen LogP contribution in [0.1, 0.15) is 32.6 Å². The molecule has 1 saturated carbocycles. The average Bonchev–Trinajstić information content (AvgIpc) is 2.49. The lowest BCUT2D eigenvalue weighted by Crippen LogP contribution is -2.54. The molecule has 3 heteroatoms. The van der Waals surface area contributed by atoms with Crippen molar-refractivity contribution in [3.8, 4) is 0 Å². The fourth-order valence-electron chi connectivity index (χ4n) is 2.72. The third-order valence-electron chi connectivity index (χ3n) is 3.87. The van der Waals surface area contributed by atoms with E-state index in [4.69, 9.17) is 5.11 Å². The van der Waals surface area contributed by atoms with Gasteiger partial charge in [-0.15, -0.1) is 0 Å². The summed E-state index contributed by atoms with van der Waals surface area (Å²) in [4.78, 5) is 13.0. The van der Waals surface area contributed by atoms with Crippen LogP contribution in [0.25, 0.3) is 0 Å². The molecule has 80 valence electrons. The van der Waals surface area contributed by atoms with Crippen molar-refractivity contribution in [1.29, 1.82) is 0 Å². The van der Waals surface area contributed by atoms with E-state index in [9.17, 15) is 4.79 Å². The Morgan fingerprint density at radius 3 is 2.64 bits per heavy atom. The molecule has 0 radical (unpaired) electrons. The average molecular weight is 197 g/mol. The summed E-state index contributed by atoms with van der Waals surface area (Å²) in [5.41, 5.74) is 0. The van der Waals surface area contributed by atoms with Crippen molar-refractivity contribution >= 4 is 5.97 Å². The predicted molar refractivity (Wildman–Crippen MR) is 54.1 cm³/mol. The van der Waals surface area contributed by atoms with Crippen LogP contribution < -0.4 is 0 Å². The molecule has 2 atom stereocenters. The number of hydrogen-bond acceptors (Lipinski definition) is 2. The van der Waals surface area contributed by atoms with Gasteiger partial charge in [-0.1, -0.05) is 13.3 Å². The minimum Gasteiger partial charge on any atom is -0.481 e. The van der Waals surface area contributed by atoms with Crippen LogP contribution in [-0.2, 0) is 4.79 Å². The van der Waals surface area contributed by atoms with Gasteiger partial charge in [0, 0.05) is 19.1 Å². The number of carboxylic acid groups (broad SMARTS) is 1. The highest BCUT2D eigenvalue weighted by molar-refractivity contribution is 5.71. The van der Waals surface area contributed by atoms with Gasteiger partial charge < -0.3 is 5.11 Å². The molecule has 2 aliphatic rings. The Hall–Kier alpha value is -0.570. The van der Waals surface area contributed by atoms with Gasteiger partial charge >= 0.3 is 5.97 Å². The molecule has 0 aromatic rings. The zero-order valence-electron chi connectivity index (χ0n) is 8.78.